The second-order valence-electron chi connectivity index (χ2n) is 5.44. The third-order valence-corrected chi connectivity index (χ3v) is 3.41. The summed E-state index contributed by atoms with van der Waals surface area (Å²) < 4.78 is 68.9. The number of hydrogen-bond donors (Lipinski definition) is 2. The van der Waals surface area contributed by atoms with Crippen LogP contribution in [0.1, 0.15) is 6.92 Å². The van der Waals surface area contributed by atoms with Gasteiger partial charge < -0.3 is 14.7 Å². The van der Waals surface area contributed by atoms with Gasteiger partial charge in [-0.25, -0.2) is 23.5 Å². The molecule has 0 unspecified atom stereocenters. The Balaban J connectivity index is 2.01. The van der Waals surface area contributed by atoms with E-state index < -0.39 is 42.2 Å². The van der Waals surface area contributed by atoms with E-state index >= 15 is 0 Å². The van der Waals surface area contributed by atoms with Crippen molar-refractivity contribution in [2.45, 2.75) is 19.2 Å². The van der Waals surface area contributed by atoms with Crippen LogP contribution in [0.3, 0.4) is 0 Å². The number of hydrogen-bond acceptors (Lipinski definition) is 5. The van der Waals surface area contributed by atoms with Crippen LogP contribution in [0.2, 0.25) is 0 Å². The smallest absolute Gasteiger partial charge is 0.416 e. The first-order valence-corrected chi connectivity index (χ1v) is 7.85. The number of nitrogens with one attached hydrogen (secondary N) is 1. The standard InChI is InChI=1S/C16H15F5N4O3/c1-2-25(8-12(26)16(19,20)21)15(27)24-13-6-23-14(7-22-13)28-11-5-9(17)3-4-10(11)18/h3-7,12,26H,2,8H2,1H3,(H,22,24,27)/t12-/m1/s1. The molecule has 0 radical (unpaired) electrons. The third-order valence-electron chi connectivity index (χ3n) is 3.41. The van der Waals surface area contributed by atoms with E-state index in [0.29, 0.717) is 0 Å². The quantitative estimate of drug-likeness (QED) is 0.719. The Bertz CT molecular complexity index is 817. The van der Waals surface area contributed by atoms with Crippen LogP contribution in [0.25, 0.3) is 0 Å². The Morgan fingerprint density at radius 1 is 1.29 bits per heavy atom. The Morgan fingerprint density at radius 3 is 2.57 bits per heavy atom. The molecule has 28 heavy (non-hydrogen) atoms. The number of carbonyl (C=O) groups excluding carboxylic acids is 1. The van der Waals surface area contributed by atoms with Gasteiger partial charge in [0.15, 0.2) is 23.5 Å². The summed E-state index contributed by atoms with van der Waals surface area (Å²) in [5.74, 6) is -2.32. The summed E-state index contributed by atoms with van der Waals surface area (Å²) in [5, 5.41) is 11.3. The number of alkyl halides is 3. The monoisotopic (exact) mass is 406 g/mol. The van der Waals surface area contributed by atoms with Gasteiger partial charge in [0.05, 0.1) is 18.9 Å². The second-order valence-corrected chi connectivity index (χ2v) is 5.44. The number of benzene rings is 1. The highest BCUT2D eigenvalue weighted by Crippen LogP contribution is 2.24. The van der Waals surface area contributed by atoms with Gasteiger partial charge in [-0.05, 0) is 19.1 Å². The molecule has 1 aromatic carbocycles. The number of aliphatic hydroxyl groups is 1. The van der Waals surface area contributed by atoms with Crippen molar-refractivity contribution in [1.82, 2.24) is 14.9 Å². The maximum Gasteiger partial charge on any atom is 0.416 e. The number of likely N-dealkylation sites (N-methyl/N-ethyl adjacent to an activating group) is 1. The first-order chi connectivity index (χ1) is 13.1. The molecule has 0 saturated heterocycles. The van der Waals surface area contributed by atoms with E-state index in [1.165, 1.54) is 6.92 Å². The fraction of sp³-hybridized carbons (Fsp3) is 0.312. The zero-order chi connectivity index (χ0) is 20.9. The summed E-state index contributed by atoms with van der Waals surface area (Å²) in [4.78, 5) is 20.3. The molecule has 152 valence electrons. The molecule has 2 aromatic rings. The van der Waals surface area contributed by atoms with Crippen molar-refractivity contribution in [1.29, 1.82) is 0 Å². The molecular weight excluding hydrogens is 391 g/mol. The van der Waals surface area contributed by atoms with Crippen LogP contribution < -0.4 is 10.1 Å². The van der Waals surface area contributed by atoms with E-state index in [4.69, 9.17) is 9.84 Å². The molecule has 7 nitrogen and oxygen atoms in total. The van der Waals surface area contributed by atoms with Crippen LogP contribution in [0, 0.1) is 11.6 Å². The van der Waals surface area contributed by atoms with Crippen molar-refractivity contribution in [2.75, 3.05) is 18.4 Å². The van der Waals surface area contributed by atoms with Crippen LogP contribution in [0.5, 0.6) is 11.6 Å². The van der Waals surface area contributed by atoms with Gasteiger partial charge in [-0.15, -0.1) is 0 Å². The number of aliphatic hydroxyl groups excluding tert-OH is 1. The largest absolute Gasteiger partial charge is 0.434 e. The fourth-order valence-electron chi connectivity index (χ4n) is 1.96. The van der Waals surface area contributed by atoms with Crippen LogP contribution in [-0.2, 0) is 0 Å². The summed E-state index contributed by atoms with van der Waals surface area (Å²) in [7, 11) is 0. The lowest BCUT2D eigenvalue weighted by Gasteiger charge is -2.25. The molecule has 0 fully saturated rings. The highest BCUT2D eigenvalue weighted by atomic mass is 19.4. The summed E-state index contributed by atoms with van der Waals surface area (Å²) in [6.07, 6.45) is -5.54. The summed E-state index contributed by atoms with van der Waals surface area (Å²) >= 11 is 0. The third kappa shape index (κ3) is 5.74. The van der Waals surface area contributed by atoms with Gasteiger partial charge in [-0.3, -0.25) is 5.32 Å². The predicted octanol–water partition coefficient (Wildman–Crippen LogP) is 3.32. The lowest BCUT2D eigenvalue weighted by Crippen LogP contribution is -2.45. The number of nitrogens with zero attached hydrogens (tertiary/aromatic N) is 3. The minimum Gasteiger partial charge on any atom is -0.434 e. The summed E-state index contributed by atoms with van der Waals surface area (Å²) in [6, 6.07) is 1.63. The van der Waals surface area contributed by atoms with Gasteiger partial charge in [-0.1, -0.05) is 0 Å². The lowest BCUT2D eigenvalue weighted by atomic mass is 10.3. The van der Waals surface area contributed by atoms with E-state index in [0.717, 1.165) is 35.5 Å². The molecule has 0 spiro atoms. The maximum atomic E-state index is 13.5. The number of amides is 2. The number of ether oxygens (including phenoxy) is 1. The average molecular weight is 406 g/mol. The molecular formula is C16H15F5N4O3. The molecule has 0 aliphatic rings. The normalized spacial score (nSPS) is 12.4. The molecule has 1 aromatic heterocycles. The number of urea groups is 1. The highest BCUT2D eigenvalue weighted by molar-refractivity contribution is 5.88. The molecule has 2 rings (SSSR count). The predicted molar refractivity (Wildman–Crippen MR) is 86.8 cm³/mol. The zero-order valence-corrected chi connectivity index (χ0v) is 14.4. The van der Waals surface area contributed by atoms with E-state index in [2.05, 4.69) is 15.3 Å². The number of aromatic nitrogens is 2. The second kappa shape index (κ2) is 8.78. The molecule has 0 saturated carbocycles. The first-order valence-electron chi connectivity index (χ1n) is 7.85. The van der Waals surface area contributed by atoms with E-state index in [1.807, 2.05) is 0 Å². The van der Waals surface area contributed by atoms with Gasteiger partial charge in [0.2, 0.25) is 5.88 Å². The van der Waals surface area contributed by atoms with E-state index in [9.17, 15) is 26.7 Å². The van der Waals surface area contributed by atoms with Crippen molar-refractivity contribution < 1.29 is 36.6 Å². The summed E-state index contributed by atoms with van der Waals surface area (Å²) in [5.41, 5.74) is 0. The van der Waals surface area contributed by atoms with E-state index in [1.54, 1.807) is 0 Å². The topological polar surface area (TPSA) is 87.6 Å². The Kier molecular flexibility index (Phi) is 6.67. The number of halogens is 5. The van der Waals surface area contributed by atoms with Crippen molar-refractivity contribution in [3.63, 3.8) is 0 Å². The van der Waals surface area contributed by atoms with Crippen molar-refractivity contribution in [3.8, 4) is 11.6 Å². The van der Waals surface area contributed by atoms with Gasteiger partial charge in [-0.2, -0.15) is 13.2 Å². The summed E-state index contributed by atoms with van der Waals surface area (Å²) in [6.45, 7) is 0.366. The van der Waals surface area contributed by atoms with Crippen LogP contribution in [0.15, 0.2) is 30.6 Å². The molecule has 12 heteroatoms. The van der Waals surface area contributed by atoms with Gasteiger partial charge >= 0.3 is 12.2 Å². The molecule has 0 aliphatic carbocycles. The fourth-order valence-corrected chi connectivity index (χ4v) is 1.96. The Labute approximate surface area is 155 Å². The number of carbonyl (C=O) groups is 1. The highest BCUT2D eigenvalue weighted by Gasteiger charge is 2.39. The van der Waals surface area contributed by atoms with Crippen molar-refractivity contribution >= 4 is 11.8 Å². The number of rotatable bonds is 6. The average Bonchev–Trinajstić information content (AvgIpc) is 2.63. The van der Waals surface area contributed by atoms with Gasteiger partial charge in [0.1, 0.15) is 5.82 Å². The Hall–Kier alpha value is -3.02. The Morgan fingerprint density at radius 2 is 2.00 bits per heavy atom. The van der Waals surface area contributed by atoms with Gasteiger partial charge in [0, 0.05) is 12.6 Å². The van der Waals surface area contributed by atoms with Gasteiger partial charge in [0.25, 0.3) is 0 Å². The minimum absolute atomic E-state index is 0.105. The molecule has 1 atom stereocenters. The van der Waals surface area contributed by atoms with Crippen LogP contribution >= 0.6 is 0 Å². The van der Waals surface area contributed by atoms with Crippen LogP contribution in [0.4, 0.5) is 32.6 Å². The SMILES string of the molecule is CCN(C[C@@H](O)C(F)(F)F)C(=O)Nc1cnc(Oc2cc(F)ccc2F)cn1. The van der Waals surface area contributed by atoms with Crippen LogP contribution in [-0.4, -0.2) is 51.4 Å². The molecule has 0 bridgehead atoms. The minimum atomic E-state index is -4.86. The van der Waals surface area contributed by atoms with Crippen molar-refractivity contribution in [2.24, 2.45) is 0 Å². The lowest BCUT2D eigenvalue weighted by molar-refractivity contribution is -0.206. The first kappa shape index (κ1) is 21.3. The molecule has 1 heterocycles. The maximum absolute atomic E-state index is 13.5. The van der Waals surface area contributed by atoms with Crippen molar-refractivity contribution in [3.05, 3.63) is 42.2 Å². The zero-order valence-electron chi connectivity index (χ0n) is 14.4. The van der Waals surface area contributed by atoms with E-state index in [-0.39, 0.29) is 18.2 Å². The molecule has 2 amide bonds. The molecule has 0 aliphatic heterocycles. The number of anilines is 1. The molecule has 2 N–H and O–H groups in total.